The molecule has 2 N–H and O–H groups in total. The Labute approximate surface area is 135 Å². The molecular formula is C18H20N2O3. The zero-order valence-corrected chi connectivity index (χ0v) is 13.5. The largest absolute Gasteiger partial charge is 0.507 e. The van der Waals surface area contributed by atoms with Crippen molar-refractivity contribution >= 4 is 12.1 Å². The SMILES string of the molecule is Cc1ccc(O)c(C=NNC(=O)COc2cccc(C)c2C)c1. The highest BCUT2D eigenvalue weighted by atomic mass is 16.5. The number of carbonyl (C=O) groups is 1. The number of benzene rings is 2. The summed E-state index contributed by atoms with van der Waals surface area (Å²) < 4.78 is 5.49. The number of amides is 1. The molecule has 0 spiro atoms. The molecule has 2 rings (SSSR count). The van der Waals surface area contributed by atoms with Crippen molar-refractivity contribution in [3.05, 3.63) is 58.7 Å². The van der Waals surface area contributed by atoms with Gasteiger partial charge >= 0.3 is 0 Å². The first-order chi connectivity index (χ1) is 11.0. The Morgan fingerprint density at radius 3 is 2.83 bits per heavy atom. The number of carbonyl (C=O) groups excluding carboxylic acids is 1. The highest BCUT2D eigenvalue weighted by molar-refractivity contribution is 5.85. The minimum atomic E-state index is -0.366. The Morgan fingerprint density at radius 1 is 1.26 bits per heavy atom. The van der Waals surface area contributed by atoms with Crippen LogP contribution < -0.4 is 10.2 Å². The molecule has 2 aromatic carbocycles. The van der Waals surface area contributed by atoms with E-state index in [0.29, 0.717) is 11.3 Å². The lowest BCUT2D eigenvalue weighted by Gasteiger charge is -2.09. The maximum atomic E-state index is 11.7. The van der Waals surface area contributed by atoms with Crippen LogP contribution in [0.1, 0.15) is 22.3 Å². The Balaban J connectivity index is 1.89. The second-order valence-corrected chi connectivity index (χ2v) is 5.34. The third-order valence-corrected chi connectivity index (χ3v) is 3.49. The predicted octanol–water partition coefficient (Wildman–Crippen LogP) is 2.85. The average molecular weight is 312 g/mol. The summed E-state index contributed by atoms with van der Waals surface area (Å²) >= 11 is 0. The van der Waals surface area contributed by atoms with E-state index >= 15 is 0 Å². The number of phenols is 1. The number of aryl methyl sites for hydroxylation is 2. The first-order valence-electron chi connectivity index (χ1n) is 7.28. The van der Waals surface area contributed by atoms with Crippen LogP contribution in [0.4, 0.5) is 0 Å². The molecule has 0 fully saturated rings. The fourth-order valence-electron chi connectivity index (χ4n) is 2.01. The van der Waals surface area contributed by atoms with Crippen molar-refractivity contribution in [1.82, 2.24) is 5.43 Å². The van der Waals surface area contributed by atoms with E-state index in [0.717, 1.165) is 16.7 Å². The van der Waals surface area contributed by atoms with Crippen LogP contribution in [0, 0.1) is 20.8 Å². The number of nitrogens with one attached hydrogen (secondary N) is 1. The van der Waals surface area contributed by atoms with Crippen LogP contribution in [-0.2, 0) is 4.79 Å². The highest BCUT2D eigenvalue weighted by Crippen LogP contribution is 2.20. The van der Waals surface area contributed by atoms with Crippen LogP contribution in [-0.4, -0.2) is 23.8 Å². The van der Waals surface area contributed by atoms with E-state index in [4.69, 9.17) is 4.74 Å². The van der Waals surface area contributed by atoms with Gasteiger partial charge in [0, 0.05) is 5.56 Å². The first kappa shape index (κ1) is 16.5. The van der Waals surface area contributed by atoms with Crippen molar-refractivity contribution < 1.29 is 14.6 Å². The molecule has 0 radical (unpaired) electrons. The minimum Gasteiger partial charge on any atom is -0.507 e. The van der Waals surface area contributed by atoms with Crippen LogP contribution in [0.3, 0.4) is 0 Å². The molecule has 0 bridgehead atoms. The van der Waals surface area contributed by atoms with Gasteiger partial charge in [-0.05, 0) is 50.1 Å². The first-order valence-corrected chi connectivity index (χ1v) is 7.28. The molecule has 2 aromatic rings. The topological polar surface area (TPSA) is 70.9 Å². The molecule has 0 unspecified atom stereocenters. The van der Waals surface area contributed by atoms with E-state index in [1.165, 1.54) is 6.21 Å². The van der Waals surface area contributed by atoms with Crippen LogP contribution in [0.2, 0.25) is 0 Å². The van der Waals surface area contributed by atoms with Crippen LogP contribution in [0.15, 0.2) is 41.5 Å². The second-order valence-electron chi connectivity index (χ2n) is 5.34. The molecule has 0 saturated heterocycles. The molecular weight excluding hydrogens is 292 g/mol. The third kappa shape index (κ3) is 4.57. The number of hydrazone groups is 1. The Kier molecular flexibility index (Phi) is 5.36. The summed E-state index contributed by atoms with van der Waals surface area (Å²) in [4.78, 5) is 11.7. The zero-order chi connectivity index (χ0) is 16.8. The van der Waals surface area contributed by atoms with Gasteiger partial charge in [0.15, 0.2) is 6.61 Å². The number of aromatic hydroxyl groups is 1. The van der Waals surface area contributed by atoms with Crippen LogP contribution >= 0.6 is 0 Å². The number of hydrogen-bond acceptors (Lipinski definition) is 4. The monoisotopic (exact) mass is 312 g/mol. The van der Waals surface area contributed by atoms with E-state index < -0.39 is 0 Å². The molecule has 0 aliphatic rings. The fourth-order valence-corrected chi connectivity index (χ4v) is 2.01. The van der Waals surface area contributed by atoms with Gasteiger partial charge in [0.05, 0.1) is 6.21 Å². The molecule has 0 heterocycles. The van der Waals surface area contributed by atoms with Crippen LogP contribution in [0.5, 0.6) is 11.5 Å². The average Bonchev–Trinajstić information content (AvgIpc) is 2.52. The van der Waals surface area contributed by atoms with E-state index in [2.05, 4.69) is 10.5 Å². The molecule has 0 atom stereocenters. The van der Waals surface area contributed by atoms with Crippen molar-refractivity contribution in [1.29, 1.82) is 0 Å². The highest BCUT2D eigenvalue weighted by Gasteiger charge is 2.05. The molecule has 5 nitrogen and oxygen atoms in total. The van der Waals surface area contributed by atoms with Gasteiger partial charge in [0.25, 0.3) is 5.91 Å². The number of phenolic OH excluding ortho intramolecular Hbond substituents is 1. The molecule has 23 heavy (non-hydrogen) atoms. The van der Waals surface area contributed by atoms with E-state index in [9.17, 15) is 9.90 Å². The Hall–Kier alpha value is -2.82. The van der Waals surface area contributed by atoms with E-state index in [1.807, 2.05) is 39.0 Å². The van der Waals surface area contributed by atoms with E-state index in [-0.39, 0.29) is 18.3 Å². The summed E-state index contributed by atoms with van der Waals surface area (Å²) in [6, 6.07) is 10.8. The summed E-state index contributed by atoms with van der Waals surface area (Å²) in [6.45, 7) is 5.72. The van der Waals surface area contributed by atoms with Crippen molar-refractivity contribution in [3.8, 4) is 11.5 Å². The van der Waals surface area contributed by atoms with Gasteiger partial charge in [-0.25, -0.2) is 5.43 Å². The number of ether oxygens (including phenoxy) is 1. The van der Waals surface area contributed by atoms with Gasteiger partial charge in [0.1, 0.15) is 11.5 Å². The number of hydrogen-bond donors (Lipinski definition) is 2. The summed E-state index contributed by atoms with van der Waals surface area (Å²) in [5.41, 5.74) is 6.03. The molecule has 0 aliphatic heterocycles. The molecule has 120 valence electrons. The maximum absolute atomic E-state index is 11.7. The quantitative estimate of drug-likeness (QED) is 0.659. The normalized spacial score (nSPS) is 10.7. The summed E-state index contributed by atoms with van der Waals surface area (Å²) in [5.74, 6) is 0.426. The molecule has 0 aromatic heterocycles. The van der Waals surface area contributed by atoms with Crippen molar-refractivity contribution in [2.45, 2.75) is 20.8 Å². The van der Waals surface area contributed by atoms with Gasteiger partial charge in [0.2, 0.25) is 0 Å². The lowest BCUT2D eigenvalue weighted by Crippen LogP contribution is -2.24. The summed E-state index contributed by atoms with van der Waals surface area (Å²) in [6.07, 6.45) is 1.40. The lowest BCUT2D eigenvalue weighted by molar-refractivity contribution is -0.123. The van der Waals surface area contributed by atoms with Gasteiger partial charge in [-0.15, -0.1) is 0 Å². The number of nitrogens with zero attached hydrogens (tertiary/aromatic N) is 1. The maximum Gasteiger partial charge on any atom is 0.277 e. The Bertz CT molecular complexity index is 739. The lowest BCUT2D eigenvalue weighted by atomic mass is 10.1. The van der Waals surface area contributed by atoms with E-state index in [1.54, 1.807) is 18.2 Å². The fraction of sp³-hybridized carbons (Fsp3) is 0.222. The summed E-state index contributed by atoms with van der Waals surface area (Å²) in [5, 5.41) is 13.5. The van der Waals surface area contributed by atoms with Crippen molar-refractivity contribution in [2.75, 3.05) is 6.61 Å². The smallest absolute Gasteiger partial charge is 0.277 e. The van der Waals surface area contributed by atoms with Crippen LogP contribution in [0.25, 0.3) is 0 Å². The molecule has 5 heteroatoms. The molecule has 0 aliphatic carbocycles. The minimum absolute atomic E-state index is 0.111. The zero-order valence-electron chi connectivity index (χ0n) is 13.5. The standard InChI is InChI=1S/C18H20N2O3/c1-12-7-8-16(21)15(9-12)10-19-20-18(22)11-23-17-6-4-5-13(2)14(17)3/h4-10,21H,11H2,1-3H3,(H,20,22). The number of rotatable bonds is 5. The second kappa shape index (κ2) is 7.45. The summed E-state index contributed by atoms with van der Waals surface area (Å²) in [7, 11) is 0. The molecule has 0 saturated carbocycles. The predicted molar refractivity (Wildman–Crippen MR) is 90.0 cm³/mol. The van der Waals surface area contributed by atoms with Crippen molar-refractivity contribution in [2.24, 2.45) is 5.10 Å². The Morgan fingerprint density at radius 2 is 2.04 bits per heavy atom. The third-order valence-electron chi connectivity index (χ3n) is 3.49. The van der Waals surface area contributed by atoms with Crippen molar-refractivity contribution in [3.63, 3.8) is 0 Å². The van der Waals surface area contributed by atoms with Gasteiger partial charge in [-0.2, -0.15) is 5.10 Å². The van der Waals surface area contributed by atoms with Gasteiger partial charge in [-0.1, -0.05) is 23.8 Å². The van der Waals surface area contributed by atoms with Gasteiger partial charge in [-0.3, -0.25) is 4.79 Å². The molecule has 1 amide bonds. The van der Waals surface area contributed by atoms with Gasteiger partial charge < -0.3 is 9.84 Å².